The van der Waals surface area contributed by atoms with Gasteiger partial charge >= 0.3 is 0 Å². The lowest BCUT2D eigenvalue weighted by atomic mass is 10.0. The Hall–Kier alpha value is -3.56. The highest BCUT2D eigenvalue weighted by Gasteiger charge is 2.34. The normalized spacial score (nSPS) is 15.2. The lowest BCUT2D eigenvalue weighted by Gasteiger charge is -2.33. The van der Waals surface area contributed by atoms with Crippen molar-refractivity contribution in [2.75, 3.05) is 18.8 Å². The summed E-state index contributed by atoms with van der Waals surface area (Å²) in [5, 5.41) is 1.12. The minimum absolute atomic E-state index is 0.0576. The standard InChI is InChI=1S/C30H28F2N4OS2/c1-19-14-22(26-8-4-21(18-34-26)29(38)36-12-10-30(31,32)11-13-36)15-23-16-25(39-28(19)23)7-6-24(37)5-2-20-3-9-27(33)35-17-20/h2-5,8-9,14-18H,6-7,10-13H2,1H3,(H2,33,35)/b5-2+. The van der Waals surface area contributed by atoms with Gasteiger partial charge in [0.1, 0.15) is 10.8 Å². The summed E-state index contributed by atoms with van der Waals surface area (Å²) in [6, 6.07) is 13.7. The van der Waals surface area contributed by atoms with Gasteiger partial charge in [0, 0.05) is 65.4 Å². The number of aromatic nitrogens is 2. The molecule has 0 aliphatic carbocycles. The molecule has 4 aromatic rings. The van der Waals surface area contributed by atoms with Crippen molar-refractivity contribution in [1.82, 2.24) is 14.9 Å². The Bertz CT molecular complexity index is 1540. The van der Waals surface area contributed by atoms with Crippen molar-refractivity contribution in [3.63, 3.8) is 0 Å². The number of pyridine rings is 2. The molecule has 1 fully saturated rings. The predicted molar refractivity (Wildman–Crippen MR) is 158 cm³/mol. The minimum Gasteiger partial charge on any atom is -0.384 e. The van der Waals surface area contributed by atoms with E-state index >= 15 is 0 Å². The molecular weight excluding hydrogens is 534 g/mol. The number of likely N-dealkylation sites (tertiary alicyclic amines) is 1. The fourth-order valence-corrected chi connectivity index (χ4v) is 6.01. The smallest absolute Gasteiger partial charge is 0.251 e. The molecule has 4 heterocycles. The summed E-state index contributed by atoms with van der Waals surface area (Å²) < 4.78 is 28.2. The van der Waals surface area contributed by atoms with Crippen LogP contribution in [0.4, 0.5) is 14.6 Å². The molecule has 3 aromatic heterocycles. The summed E-state index contributed by atoms with van der Waals surface area (Å²) in [6.07, 6.45) is 7.46. The maximum absolute atomic E-state index is 13.5. The number of fused-ring (bicyclic) bond motifs is 1. The maximum atomic E-state index is 13.5. The Labute approximate surface area is 235 Å². The van der Waals surface area contributed by atoms with E-state index in [0.29, 0.717) is 23.6 Å². The first-order chi connectivity index (χ1) is 18.7. The Morgan fingerprint density at radius 3 is 2.62 bits per heavy atom. The van der Waals surface area contributed by atoms with E-state index in [1.54, 1.807) is 41.9 Å². The van der Waals surface area contributed by atoms with Crippen LogP contribution in [0.3, 0.4) is 0 Å². The minimum atomic E-state index is -2.60. The third-order valence-electron chi connectivity index (χ3n) is 6.83. The Morgan fingerprint density at radius 1 is 1.13 bits per heavy atom. The number of ketones is 1. The van der Waals surface area contributed by atoms with Gasteiger partial charge in [0.15, 0.2) is 5.78 Å². The molecule has 0 spiro atoms. The highest BCUT2D eigenvalue weighted by Crippen LogP contribution is 2.34. The Balaban J connectivity index is 1.24. The summed E-state index contributed by atoms with van der Waals surface area (Å²) in [6.45, 7) is 2.59. The monoisotopic (exact) mass is 562 g/mol. The number of piperidine rings is 1. The molecule has 200 valence electrons. The fraction of sp³-hybridized carbons (Fsp3) is 0.267. The molecule has 0 bridgehead atoms. The van der Waals surface area contributed by atoms with Gasteiger partial charge in [0.25, 0.3) is 5.92 Å². The van der Waals surface area contributed by atoms with Gasteiger partial charge < -0.3 is 10.6 Å². The van der Waals surface area contributed by atoms with E-state index in [9.17, 15) is 13.6 Å². The van der Waals surface area contributed by atoms with Crippen LogP contribution in [0.15, 0.2) is 60.9 Å². The molecule has 0 saturated carbocycles. The summed E-state index contributed by atoms with van der Waals surface area (Å²) in [5.74, 6) is -2.10. The maximum Gasteiger partial charge on any atom is 0.251 e. The zero-order valence-electron chi connectivity index (χ0n) is 21.5. The number of thiophene rings is 1. The number of benzene rings is 1. The van der Waals surface area contributed by atoms with Crippen molar-refractivity contribution in [3.05, 3.63) is 82.5 Å². The van der Waals surface area contributed by atoms with Crippen molar-refractivity contribution >= 4 is 56.3 Å². The number of carbonyl (C=O) groups excluding carboxylic acids is 1. The Kier molecular flexibility index (Phi) is 7.81. The van der Waals surface area contributed by atoms with Gasteiger partial charge in [-0.2, -0.15) is 0 Å². The van der Waals surface area contributed by atoms with Gasteiger partial charge in [0.05, 0.1) is 5.69 Å². The number of alkyl halides is 2. The number of aryl methyl sites for hydroxylation is 2. The van der Waals surface area contributed by atoms with Crippen molar-refractivity contribution in [2.45, 2.75) is 38.5 Å². The molecule has 0 amide bonds. The molecule has 1 aromatic carbocycles. The van der Waals surface area contributed by atoms with Gasteiger partial charge in [-0.3, -0.25) is 9.78 Å². The van der Waals surface area contributed by atoms with Crippen LogP contribution in [0.5, 0.6) is 0 Å². The number of hydrogen-bond donors (Lipinski definition) is 1. The number of nitrogens with two attached hydrogens (primary N) is 1. The third-order valence-corrected chi connectivity index (χ3v) is 8.67. The quantitative estimate of drug-likeness (QED) is 0.196. The molecule has 2 N–H and O–H groups in total. The zero-order valence-corrected chi connectivity index (χ0v) is 23.1. The predicted octanol–water partition coefficient (Wildman–Crippen LogP) is 6.87. The number of thiocarbonyl (C=S) groups is 1. The van der Waals surface area contributed by atoms with Crippen LogP contribution in [0, 0.1) is 6.92 Å². The van der Waals surface area contributed by atoms with Crippen LogP contribution in [0.2, 0.25) is 0 Å². The second-order valence-electron chi connectivity index (χ2n) is 9.82. The van der Waals surface area contributed by atoms with Gasteiger partial charge in [0.2, 0.25) is 0 Å². The van der Waals surface area contributed by atoms with Crippen LogP contribution in [0.1, 0.15) is 40.8 Å². The summed E-state index contributed by atoms with van der Waals surface area (Å²) >= 11 is 7.27. The molecule has 0 radical (unpaired) electrons. The van der Waals surface area contributed by atoms with Crippen LogP contribution in [-0.4, -0.2) is 44.7 Å². The molecular formula is C30H28F2N4OS2. The van der Waals surface area contributed by atoms with Crippen molar-refractivity contribution in [2.24, 2.45) is 0 Å². The summed E-state index contributed by atoms with van der Waals surface area (Å²) in [5.41, 5.74) is 10.2. The molecule has 0 atom stereocenters. The molecule has 9 heteroatoms. The Morgan fingerprint density at radius 2 is 1.92 bits per heavy atom. The topological polar surface area (TPSA) is 72.1 Å². The van der Waals surface area contributed by atoms with E-state index in [2.05, 4.69) is 35.1 Å². The molecule has 1 saturated heterocycles. The number of halogens is 2. The average Bonchev–Trinajstić information content (AvgIpc) is 3.35. The van der Waals surface area contributed by atoms with E-state index in [-0.39, 0.29) is 31.7 Å². The molecule has 1 aliphatic heterocycles. The summed E-state index contributed by atoms with van der Waals surface area (Å²) in [4.78, 5) is 24.6. The molecule has 5 nitrogen and oxygen atoms in total. The lowest BCUT2D eigenvalue weighted by Crippen LogP contribution is -2.42. The van der Waals surface area contributed by atoms with Crippen LogP contribution in [-0.2, 0) is 11.2 Å². The van der Waals surface area contributed by atoms with Crippen molar-refractivity contribution in [1.29, 1.82) is 0 Å². The van der Waals surface area contributed by atoms with Gasteiger partial charge in [-0.15, -0.1) is 11.3 Å². The van der Waals surface area contributed by atoms with E-state index in [1.807, 2.05) is 23.1 Å². The summed E-state index contributed by atoms with van der Waals surface area (Å²) in [7, 11) is 0. The highest BCUT2D eigenvalue weighted by molar-refractivity contribution is 7.80. The third kappa shape index (κ3) is 6.54. The highest BCUT2D eigenvalue weighted by atomic mass is 32.1. The average molecular weight is 563 g/mol. The fourth-order valence-electron chi connectivity index (χ4n) is 4.60. The first kappa shape index (κ1) is 27.0. The zero-order chi connectivity index (χ0) is 27.6. The first-order valence-electron chi connectivity index (χ1n) is 12.8. The number of anilines is 1. The molecule has 0 unspecified atom stereocenters. The van der Waals surface area contributed by atoms with Crippen molar-refractivity contribution < 1.29 is 13.6 Å². The second-order valence-corrected chi connectivity index (χ2v) is 11.3. The van der Waals surface area contributed by atoms with Gasteiger partial charge in [-0.1, -0.05) is 12.2 Å². The number of rotatable bonds is 7. The van der Waals surface area contributed by atoms with Gasteiger partial charge in [-0.25, -0.2) is 13.8 Å². The number of hydrogen-bond acceptors (Lipinski definition) is 6. The molecule has 39 heavy (non-hydrogen) atoms. The number of carbonyl (C=O) groups is 1. The van der Waals surface area contributed by atoms with Gasteiger partial charge in [-0.05, 0) is 84.5 Å². The SMILES string of the molecule is Cc1cc(-c2ccc(C(=S)N3CCC(F)(F)CC3)cn2)cc2cc(CCC(=O)/C=C/c3ccc(N)nc3)sc12. The molecule has 1 aliphatic rings. The number of nitrogens with zero attached hydrogens (tertiary/aromatic N) is 3. The molecule has 5 rings (SSSR count). The second kappa shape index (κ2) is 11.3. The lowest BCUT2D eigenvalue weighted by molar-refractivity contribution is -0.114. The van der Waals surface area contributed by atoms with E-state index in [0.717, 1.165) is 38.2 Å². The van der Waals surface area contributed by atoms with E-state index in [4.69, 9.17) is 18.0 Å². The largest absolute Gasteiger partial charge is 0.384 e. The number of nitrogen functional groups attached to an aromatic ring is 1. The first-order valence-corrected chi connectivity index (χ1v) is 14.0. The van der Waals surface area contributed by atoms with E-state index in [1.165, 1.54) is 4.70 Å². The number of allylic oxidation sites excluding steroid dienone is 1. The van der Waals surface area contributed by atoms with Crippen LogP contribution < -0.4 is 5.73 Å². The van der Waals surface area contributed by atoms with E-state index < -0.39 is 5.92 Å². The van der Waals surface area contributed by atoms with Crippen LogP contribution >= 0.6 is 23.6 Å². The van der Waals surface area contributed by atoms with Crippen molar-refractivity contribution in [3.8, 4) is 11.3 Å². The van der Waals surface area contributed by atoms with Crippen LogP contribution in [0.25, 0.3) is 27.4 Å².